The second-order valence-electron chi connectivity index (χ2n) is 3.17. The molecule has 1 rings (SSSR count). The SMILES string of the molecule is CCC(Oc1cc(Cl)c(Br)cc1Cl)C(=N)N. The number of ether oxygens (including phenoxy) is 1. The van der Waals surface area contributed by atoms with E-state index < -0.39 is 6.10 Å². The normalized spacial score (nSPS) is 12.2. The van der Waals surface area contributed by atoms with E-state index in [1.54, 1.807) is 12.1 Å². The van der Waals surface area contributed by atoms with Gasteiger partial charge in [0, 0.05) is 10.5 Å². The second-order valence-corrected chi connectivity index (χ2v) is 4.84. The fourth-order valence-electron chi connectivity index (χ4n) is 1.11. The van der Waals surface area contributed by atoms with Crippen LogP contribution in [0.25, 0.3) is 0 Å². The van der Waals surface area contributed by atoms with Crippen LogP contribution in [0.4, 0.5) is 0 Å². The van der Waals surface area contributed by atoms with Crippen molar-refractivity contribution in [1.29, 1.82) is 5.41 Å². The molecule has 0 aliphatic heterocycles. The molecule has 1 aromatic carbocycles. The monoisotopic (exact) mass is 324 g/mol. The van der Waals surface area contributed by atoms with Gasteiger partial charge in [0.1, 0.15) is 11.6 Å². The van der Waals surface area contributed by atoms with Crippen LogP contribution in [0.2, 0.25) is 10.0 Å². The zero-order valence-electron chi connectivity index (χ0n) is 8.56. The van der Waals surface area contributed by atoms with Crippen LogP contribution in [0.1, 0.15) is 13.3 Å². The Morgan fingerprint density at radius 3 is 2.62 bits per heavy atom. The van der Waals surface area contributed by atoms with Gasteiger partial charge in [-0.3, -0.25) is 5.41 Å². The first-order chi connectivity index (χ1) is 7.45. The van der Waals surface area contributed by atoms with Crippen LogP contribution < -0.4 is 10.5 Å². The number of nitrogens with one attached hydrogen (secondary N) is 1. The summed E-state index contributed by atoms with van der Waals surface area (Å²) in [5, 5.41) is 8.26. The molecule has 0 aromatic heterocycles. The van der Waals surface area contributed by atoms with Crippen LogP contribution in [-0.2, 0) is 0 Å². The molecule has 0 saturated heterocycles. The molecular weight excluding hydrogens is 315 g/mol. The van der Waals surface area contributed by atoms with E-state index in [1.165, 1.54) is 0 Å². The highest BCUT2D eigenvalue weighted by Crippen LogP contribution is 2.34. The molecule has 1 atom stereocenters. The third-order valence-corrected chi connectivity index (χ3v) is 3.45. The van der Waals surface area contributed by atoms with E-state index in [-0.39, 0.29) is 5.84 Å². The van der Waals surface area contributed by atoms with Crippen molar-refractivity contribution in [3.63, 3.8) is 0 Å². The van der Waals surface area contributed by atoms with Crippen molar-refractivity contribution >= 4 is 45.0 Å². The number of amidine groups is 1. The first-order valence-electron chi connectivity index (χ1n) is 4.60. The predicted molar refractivity (Wildman–Crippen MR) is 70.8 cm³/mol. The van der Waals surface area contributed by atoms with Gasteiger partial charge in [0.05, 0.1) is 10.0 Å². The highest BCUT2D eigenvalue weighted by molar-refractivity contribution is 9.10. The van der Waals surface area contributed by atoms with Gasteiger partial charge in [-0.25, -0.2) is 0 Å². The molecule has 3 N–H and O–H groups in total. The number of hydrogen-bond acceptors (Lipinski definition) is 2. The molecule has 16 heavy (non-hydrogen) atoms. The molecule has 0 amide bonds. The molecule has 0 bridgehead atoms. The number of nitrogens with two attached hydrogens (primary N) is 1. The van der Waals surface area contributed by atoms with Crippen molar-refractivity contribution in [2.45, 2.75) is 19.4 Å². The lowest BCUT2D eigenvalue weighted by molar-refractivity contribution is 0.260. The second kappa shape index (κ2) is 5.75. The van der Waals surface area contributed by atoms with E-state index in [0.717, 1.165) is 0 Å². The molecule has 0 saturated carbocycles. The lowest BCUT2D eigenvalue weighted by Gasteiger charge is -2.17. The van der Waals surface area contributed by atoms with Crippen molar-refractivity contribution in [3.05, 3.63) is 26.7 Å². The van der Waals surface area contributed by atoms with Gasteiger partial charge in [-0.2, -0.15) is 0 Å². The number of rotatable bonds is 4. The van der Waals surface area contributed by atoms with Crippen LogP contribution in [0.5, 0.6) is 5.75 Å². The molecular formula is C10H11BrCl2N2O. The van der Waals surface area contributed by atoms with Gasteiger partial charge in [-0.15, -0.1) is 0 Å². The molecule has 6 heteroatoms. The minimum Gasteiger partial charge on any atom is -0.481 e. The lowest BCUT2D eigenvalue weighted by Crippen LogP contribution is -2.32. The Morgan fingerprint density at radius 2 is 2.12 bits per heavy atom. The van der Waals surface area contributed by atoms with Crippen molar-refractivity contribution in [1.82, 2.24) is 0 Å². The van der Waals surface area contributed by atoms with Gasteiger partial charge < -0.3 is 10.5 Å². The van der Waals surface area contributed by atoms with Gasteiger partial charge in [0.25, 0.3) is 0 Å². The summed E-state index contributed by atoms with van der Waals surface area (Å²) in [6.45, 7) is 1.88. The van der Waals surface area contributed by atoms with E-state index in [9.17, 15) is 0 Å². The Kier molecular flexibility index (Phi) is 4.89. The van der Waals surface area contributed by atoms with E-state index in [1.807, 2.05) is 6.92 Å². The van der Waals surface area contributed by atoms with Gasteiger partial charge in [0.2, 0.25) is 0 Å². The Hall–Kier alpha value is -0.450. The van der Waals surface area contributed by atoms with E-state index in [2.05, 4.69) is 15.9 Å². The standard InChI is InChI=1S/C10H11BrCl2N2O/c1-2-8(10(14)15)16-9-4-6(12)5(11)3-7(9)13/h3-4,8H,2H2,1H3,(H3,14,15). The summed E-state index contributed by atoms with van der Waals surface area (Å²) in [5.41, 5.74) is 5.39. The number of hydrogen-bond donors (Lipinski definition) is 2. The molecule has 88 valence electrons. The molecule has 0 aliphatic rings. The van der Waals surface area contributed by atoms with Crippen LogP contribution in [0.3, 0.4) is 0 Å². The maximum atomic E-state index is 7.33. The van der Waals surface area contributed by atoms with Crippen LogP contribution >= 0.6 is 39.1 Å². The summed E-state index contributed by atoms with van der Waals surface area (Å²) in [7, 11) is 0. The minimum absolute atomic E-state index is 0.0300. The minimum atomic E-state index is -0.477. The largest absolute Gasteiger partial charge is 0.481 e. The van der Waals surface area contributed by atoms with Crippen molar-refractivity contribution in [3.8, 4) is 5.75 Å². The molecule has 1 aromatic rings. The molecule has 1 unspecified atom stereocenters. The Labute approximate surface area is 113 Å². The fourth-order valence-corrected chi connectivity index (χ4v) is 1.95. The quantitative estimate of drug-likeness (QED) is 0.502. The lowest BCUT2D eigenvalue weighted by atomic mass is 10.2. The number of halogens is 3. The number of benzene rings is 1. The zero-order chi connectivity index (χ0) is 12.3. The van der Waals surface area contributed by atoms with Crippen LogP contribution in [-0.4, -0.2) is 11.9 Å². The first-order valence-corrected chi connectivity index (χ1v) is 6.15. The summed E-state index contributed by atoms with van der Waals surface area (Å²) >= 11 is 15.2. The summed E-state index contributed by atoms with van der Waals surface area (Å²) in [6.07, 6.45) is 0.119. The van der Waals surface area contributed by atoms with E-state index in [0.29, 0.717) is 26.7 Å². The van der Waals surface area contributed by atoms with Crippen molar-refractivity contribution < 1.29 is 4.74 Å². The molecule has 3 nitrogen and oxygen atoms in total. The average molecular weight is 326 g/mol. The van der Waals surface area contributed by atoms with Crippen molar-refractivity contribution in [2.75, 3.05) is 0 Å². The summed E-state index contributed by atoms with van der Waals surface area (Å²) in [4.78, 5) is 0. The van der Waals surface area contributed by atoms with Crippen LogP contribution in [0.15, 0.2) is 16.6 Å². The Balaban J connectivity index is 2.96. The highest BCUT2D eigenvalue weighted by Gasteiger charge is 2.14. The maximum Gasteiger partial charge on any atom is 0.155 e. The third kappa shape index (κ3) is 3.27. The van der Waals surface area contributed by atoms with Gasteiger partial charge in [-0.1, -0.05) is 30.1 Å². The molecule has 0 aliphatic carbocycles. The summed E-state index contributed by atoms with van der Waals surface area (Å²) in [5.74, 6) is 0.398. The fraction of sp³-hybridized carbons (Fsp3) is 0.300. The molecule has 0 spiro atoms. The summed E-state index contributed by atoms with van der Waals surface area (Å²) < 4.78 is 6.20. The van der Waals surface area contributed by atoms with E-state index >= 15 is 0 Å². The Morgan fingerprint density at radius 1 is 1.50 bits per heavy atom. The van der Waals surface area contributed by atoms with Crippen LogP contribution in [0, 0.1) is 5.41 Å². The molecule has 0 heterocycles. The average Bonchev–Trinajstić information content (AvgIpc) is 2.21. The maximum absolute atomic E-state index is 7.33. The van der Waals surface area contributed by atoms with Gasteiger partial charge >= 0.3 is 0 Å². The topological polar surface area (TPSA) is 59.1 Å². The van der Waals surface area contributed by atoms with Crippen molar-refractivity contribution in [2.24, 2.45) is 5.73 Å². The summed E-state index contributed by atoms with van der Waals surface area (Å²) in [6, 6.07) is 3.24. The zero-order valence-corrected chi connectivity index (χ0v) is 11.7. The smallest absolute Gasteiger partial charge is 0.155 e. The molecule has 0 radical (unpaired) electrons. The van der Waals surface area contributed by atoms with E-state index in [4.69, 9.17) is 39.1 Å². The third-order valence-electron chi connectivity index (χ3n) is 1.96. The molecule has 0 fully saturated rings. The van der Waals surface area contributed by atoms with Gasteiger partial charge in [-0.05, 0) is 28.4 Å². The van der Waals surface area contributed by atoms with Gasteiger partial charge in [0.15, 0.2) is 6.10 Å². The first kappa shape index (κ1) is 13.6. The Bertz CT molecular complexity index is 412. The highest BCUT2D eigenvalue weighted by atomic mass is 79.9. The predicted octanol–water partition coefficient (Wildman–Crippen LogP) is 3.85.